The number of carbonyl (C=O) groups is 2. The van der Waals surface area contributed by atoms with Gasteiger partial charge in [-0.05, 0) is 76.2 Å². The molecule has 0 N–H and O–H groups in total. The summed E-state index contributed by atoms with van der Waals surface area (Å²) in [4.78, 5) is 34.7. The van der Waals surface area contributed by atoms with Gasteiger partial charge in [-0.25, -0.2) is 4.99 Å². The summed E-state index contributed by atoms with van der Waals surface area (Å²) in [5.41, 5.74) is 5.23. The van der Waals surface area contributed by atoms with Crippen molar-refractivity contribution in [2.24, 2.45) is 16.8 Å². The van der Waals surface area contributed by atoms with E-state index in [1.807, 2.05) is 19.9 Å². The van der Waals surface area contributed by atoms with E-state index in [0.717, 1.165) is 67.8 Å². The van der Waals surface area contributed by atoms with Gasteiger partial charge in [0, 0.05) is 31.5 Å². The number of carbonyl (C=O) groups excluding carboxylic acids is 2. The van der Waals surface area contributed by atoms with Crippen molar-refractivity contribution in [1.82, 2.24) is 9.80 Å². The van der Waals surface area contributed by atoms with E-state index in [-0.39, 0.29) is 17.9 Å². The lowest BCUT2D eigenvalue weighted by Gasteiger charge is -2.43. The monoisotopic (exact) mass is 513 g/mol. The van der Waals surface area contributed by atoms with Crippen LogP contribution in [0.1, 0.15) is 59.8 Å². The fraction of sp³-hybridized carbons (Fsp3) is 0.607. The third-order valence-electron chi connectivity index (χ3n) is 8.43. The average molecular weight is 514 g/mol. The van der Waals surface area contributed by atoms with Gasteiger partial charge in [-0.3, -0.25) is 14.5 Å². The fourth-order valence-electron chi connectivity index (χ4n) is 6.24. The standard InChI is InChI=1S/C28H36ClN3O4/c1-16-11-18(3)30-27(33)23(16)13-32-10-7-21-17(2)12-22(25(29)24(21)28(32)34)26(35-4)19-5-8-31(9-6-19)20-14-36-15-20/h11-12,19-20,23,26H,5-10,13-15H2,1-4H3. The molecule has 0 bridgehead atoms. The van der Waals surface area contributed by atoms with E-state index in [1.165, 1.54) is 0 Å². The molecule has 2 amide bonds. The molecule has 1 aromatic carbocycles. The lowest BCUT2D eigenvalue weighted by Crippen LogP contribution is -2.52. The summed E-state index contributed by atoms with van der Waals surface area (Å²) in [6.45, 7) is 10.4. The first kappa shape index (κ1) is 25.6. The zero-order valence-corrected chi connectivity index (χ0v) is 22.4. The Morgan fingerprint density at radius 1 is 1.17 bits per heavy atom. The molecule has 4 heterocycles. The predicted octanol–water partition coefficient (Wildman–Crippen LogP) is 4.01. The summed E-state index contributed by atoms with van der Waals surface area (Å²) in [6, 6.07) is 2.67. The molecule has 7 nitrogen and oxygen atoms in total. The maximum atomic E-state index is 13.8. The summed E-state index contributed by atoms with van der Waals surface area (Å²) in [5, 5.41) is 0.503. The van der Waals surface area contributed by atoms with E-state index in [0.29, 0.717) is 41.3 Å². The van der Waals surface area contributed by atoms with Crippen molar-refractivity contribution >= 4 is 29.1 Å². The van der Waals surface area contributed by atoms with Crippen LogP contribution in [0.3, 0.4) is 0 Å². The summed E-state index contributed by atoms with van der Waals surface area (Å²) in [6.07, 6.45) is 4.54. The number of amides is 2. The average Bonchev–Trinajstić information content (AvgIpc) is 2.80. The highest BCUT2D eigenvalue weighted by Gasteiger charge is 2.37. The zero-order valence-electron chi connectivity index (χ0n) is 21.7. The maximum absolute atomic E-state index is 13.8. The number of halogens is 1. The summed E-state index contributed by atoms with van der Waals surface area (Å²) < 4.78 is 11.4. The van der Waals surface area contributed by atoms with Crippen molar-refractivity contribution in [3.63, 3.8) is 0 Å². The van der Waals surface area contributed by atoms with Crippen LogP contribution in [0.4, 0.5) is 0 Å². The predicted molar refractivity (Wildman–Crippen MR) is 140 cm³/mol. The quantitative estimate of drug-likeness (QED) is 0.575. The van der Waals surface area contributed by atoms with Crippen LogP contribution in [0.15, 0.2) is 22.7 Å². The van der Waals surface area contributed by atoms with E-state index in [1.54, 1.807) is 12.0 Å². The largest absolute Gasteiger partial charge is 0.378 e. The van der Waals surface area contributed by atoms with E-state index in [9.17, 15) is 9.59 Å². The molecule has 194 valence electrons. The molecule has 0 saturated carbocycles. The zero-order chi connectivity index (χ0) is 25.6. The van der Waals surface area contributed by atoms with Gasteiger partial charge in [-0.2, -0.15) is 0 Å². The number of nitrogens with zero attached hydrogens (tertiary/aromatic N) is 3. The van der Waals surface area contributed by atoms with Gasteiger partial charge in [0.15, 0.2) is 0 Å². The Balaban J connectivity index is 1.37. The van der Waals surface area contributed by atoms with Crippen molar-refractivity contribution in [2.45, 2.75) is 52.2 Å². The van der Waals surface area contributed by atoms with Crippen molar-refractivity contribution in [2.75, 3.05) is 46.5 Å². The van der Waals surface area contributed by atoms with Crippen LogP contribution in [0.25, 0.3) is 0 Å². The number of fused-ring (bicyclic) bond motifs is 1. The molecule has 8 heteroatoms. The lowest BCUT2D eigenvalue weighted by atomic mass is 9.83. The van der Waals surface area contributed by atoms with Crippen LogP contribution >= 0.6 is 11.6 Å². The van der Waals surface area contributed by atoms with Crippen molar-refractivity contribution in [3.8, 4) is 0 Å². The maximum Gasteiger partial charge on any atom is 0.255 e. The second-order valence-corrected chi connectivity index (χ2v) is 11.1. The molecule has 0 aromatic heterocycles. The van der Waals surface area contributed by atoms with Crippen molar-refractivity contribution in [1.29, 1.82) is 0 Å². The van der Waals surface area contributed by atoms with Crippen LogP contribution in [0, 0.1) is 18.8 Å². The first-order chi connectivity index (χ1) is 17.3. The van der Waals surface area contributed by atoms with Crippen LogP contribution < -0.4 is 0 Å². The van der Waals surface area contributed by atoms with Crippen LogP contribution in [-0.2, 0) is 20.7 Å². The number of aryl methyl sites for hydroxylation is 1. The lowest BCUT2D eigenvalue weighted by molar-refractivity contribution is -0.120. The Labute approximate surface area is 218 Å². The molecule has 2 saturated heterocycles. The van der Waals surface area contributed by atoms with E-state index in [4.69, 9.17) is 21.1 Å². The topological polar surface area (TPSA) is 71.4 Å². The van der Waals surface area contributed by atoms with Gasteiger partial charge in [0.05, 0.1) is 41.9 Å². The van der Waals surface area contributed by atoms with Crippen molar-refractivity contribution < 1.29 is 19.1 Å². The van der Waals surface area contributed by atoms with Gasteiger partial charge < -0.3 is 14.4 Å². The van der Waals surface area contributed by atoms with Crippen LogP contribution in [0.5, 0.6) is 0 Å². The number of dihydropyridines is 1. The highest BCUT2D eigenvalue weighted by Crippen LogP contribution is 2.41. The number of hydrogen-bond donors (Lipinski definition) is 0. The highest BCUT2D eigenvalue weighted by molar-refractivity contribution is 6.35. The molecule has 5 rings (SSSR count). The molecule has 36 heavy (non-hydrogen) atoms. The molecular formula is C28H36ClN3O4. The molecule has 2 unspecified atom stereocenters. The van der Waals surface area contributed by atoms with Gasteiger partial charge >= 0.3 is 0 Å². The molecule has 2 atom stereocenters. The van der Waals surface area contributed by atoms with E-state index in [2.05, 4.69) is 22.9 Å². The number of piperidine rings is 1. The minimum Gasteiger partial charge on any atom is -0.378 e. The van der Waals surface area contributed by atoms with Gasteiger partial charge in [0.25, 0.3) is 11.8 Å². The first-order valence-electron chi connectivity index (χ1n) is 13.0. The van der Waals surface area contributed by atoms with Crippen molar-refractivity contribution in [3.05, 3.63) is 45.0 Å². The summed E-state index contributed by atoms with van der Waals surface area (Å²) in [5.74, 6) is -0.347. The summed E-state index contributed by atoms with van der Waals surface area (Å²) >= 11 is 7.03. The summed E-state index contributed by atoms with van der Waals surface area (Å²) in [7, 11) is 1.74. The third-order valence-corrected chi connectivity index (χ3v) is 8.84. The Morgan fingerprint density at radius 2 is 1.89 bits per heavy atom. The van der Waals surface area contributed by atoms with Gasteiger partial charge in [0.1, 0.15) is 0 Å². The minimum absolute atomic E-state index is 0.104. The number of benzene rings is 1. The van der Waals surface area contributed by atoms with Gasteiger partial charge in [0.2, 0.25) is 0 Å². The van der Waals surface area contributed by atoms with Crippen LogP contribution in [0.2, 0.25) is 5.02 Å². The number of rotatable bonds is 6. The molecular weight excluding hydrogens is 478 g/mol. The molecule has 1 aromatic rings. The molecule has 0 aliphatic carbocycles. The molecule has 4 aliphatic heterocycles. The van der Waals surface area contributed by atoms with Gasteiger partial charge in [-0.1, -0.05) is 23.2 Å². The highest BCUT2D eigenvalue weighted by atomic mass is 35.5. The van der Waals surface area contributed by atoms with E-state index >= 15 is 0 Å². The number of methoxy groups -OCH3 is 1. The second kappa shape index (κ2) is 10.4. The Hall–Kier alpha value is -2.06. The number of aliphatic imine (C=N–C) groups is 1. The Morgan fingerprint density at radius 3 is 2.50 bits per heavy atom. The van der Waals surface area contributed by atoms with Crippen LogP contribution in [-0.4, -0.2) is 79.9 Å². The molecule has 2 fully saturated rings. The van der Waals surface area contributed by atoms with Gasteiger partial charge in [-0.15, -0.1) is 0 Å². The first-order valence-corrected chi connectivity index (χ1v) is 13.4. The second-order valence-electron chi connectivity index (χ2n) is 10.7. The smallest absolute Gasteiger partial charge is 0.255 e. The third kappa shape index (κ3) is 4.67. The normalized spacial score (nSPS) is 24.8. The number of ether oxygens (including phenoxy) is 2. The Bertz CT molecular complexity index is 1120. The fourth-order valence-corrected chi connectivity index (χ4v) is 6.59. The number of hydrogen-bond acceptors (Lipinski definition) is 5. The Kier molecular flexibility index (Phi) is 7.37. The minimum atomic E-state index is -0.403. The molecule has 0 spiro atoms. The number of likely N-dealkylation sites (tertiary alicyclic amines) is 1. The SMILES string of the molecule is COC(c1cc(C)c2c(c1Cl)C(=O)N(CC1C(=O)N=C(C)C=C1C)CC2)C1CCN(C2COC2)CC1. The van der Waals surface area contributed by atoms with E-state index < -0.39 is 5.92 Å². The molecule has 4 aliphatic rings. The number of allylic oxidation sites excluding steroid dienone is 1. The molecule has 0 radical (unpaired) electrons.